The number of carbonyl (C=O) groups is 2. The minimum Gasteiger partial charge on any atom is -0.478 e. The summed E-state index contributed by atoms with van der Waals surface area (Å²) in [7, 11) is 0. The van der Waals surface area contributed by atoms with E-state index in [1.807, 2.05) is 13.8 Å². The molecule has 1 amide bonds. The highest BCUT2D eigenvalue weighted by molar-refractivity contribution is 6.33. The molecule has 1 saturated carbocycles. The van der Waals surface area contributed by atoms with Crippen LogP contribution < -0.4 is 5.32 Å². The lowest BCUT2D eigenvalue weighted by Crippen LogP contribution is -2.17. The zero-order chi connectivity index (χ0) is 13.5. The number of hydrogen-bond donors (Lipinski definition) is 2. The maximum Gasteiger partial charge on any atom is 0.335 e. The summed E-state index contributed by atoms with van der Waals surface area (Å²) in [5, 5.41) is 11.9. The lowest BCUT2D eigenvalue weighted by atomic mass is 10.1. The van der Waals surface area contributed by atoms with E-state index in [9.17, 15) is 9.59 Å². The Morgan fingerprint density at radius 2 is 2.06 bits per heavy atom. The van der Waals surface area contributed by atoms with E-state index in [-0.39, 0.29) is 22.8 Å². The van der Waals surface area contributed by atoms with Gasteiger partial charge in [0.25, 0.3) is 0 Å². The number of halogens is 1. The summed E-state index contributed by atoms with van der Waals surface area (Å²) in [5.74, 6) is -1.18. The van der Waals surface area contributed by atoms with Crippen LogP contribution in [-0.2, 0) is 4.79 Å². The van der Waals surface area contributed by atoms with Crippen LogP contribution in [0.15, 0.2) is 18.2 Å². The average Bonchev–Trinajstić information content (AvgIpc) is 2.90. The Morgan fingerprint density at radius 1 is 1.44 bits per heavy atom. The standard InChI is InChI=1S/C13H14ClNO3/c1-13(2)6-8(13)11(16)15-10-5-7(12(17)18)3-4-9(10)14/h3-5,8H,6H2,1-2H3,(H,15,16)(H,17,18). The number of rotatable bonds is 3. The SMILES string of the molecule is CC1(C)CC1C(=O)Nc1cc(C(=O)O)ccc1Cl. The molecule has 1 aromatic carbocycles. The highest BCUT2D eigenvalue weighted by Crippen LogP contribution is 2.52. The number of carbonyl (C=O) groups excluding carboxylic acids is 1. The second kappa shape index (κ2) is 4.28. The summed E-state index contributed by atoms with van der Waals surface area (Å²) in [6, 6.07) is 4.25. The van der Waals surface area contributed by atoms with Crippen LogP contribution in [0.2, 0.25) is 5.02 Å². The summed E-state index contributed by atoms with van der Waals surface area (Å²) in [4.78, 5) is 22.8. The highest BCUT2D eigenvalue weighted by atomic mass is 35.5. The predicted octanol–water partition coefficient (Wildman–Crippen LogP) is 3.02. The molecule has 0 aromatic heterocycles. The molecule has 0 bridgehead atoms. The number of carboxylic acid groups (broad SMARTS) is 1. The molecule has 1 aliphatic rings. The van der Waals surface area contributed by atoms with Crippen LogP contribution in [-0.4, -0.2) is 17.0 Å². The topological polar surface area (TPSA) is 66.4 Å². The molecule has 18 heavy (non-hydrogen) atoms. The Morgan fingerprint density at radius 3 is 2.56 bits per heavy atom. The minimum absolute atomic E-state index is 0.0259. The van der Waals surface area contributed by atoms with Crippen molar-refractivity contribution in [3.8, 4) is 0 Å². The summed E-state index contributed by atoms with van der Waals surface area (Å²) in [5.41, 5.74) is 0.482. The van der Waals surface area contributed by atoms with Crippen LogP contribution in [0.4, 0.5) is 5.69 Å². The molecule has 1 aromatic rings. The molecule has 0 spiro atoms. The Bertz CT molecular complexity index is 525. The van der Waals surface area contributed by atoms with Gasteiger partial charge in [-0.1, -0.05) is 25.4 Å². The van der Waals surface area contributed by atoms with Crippen molar-refractivity contribution in [2.45, 2.75) is 20.3 Å². The molecule has 0 heterocycles. The van der Waals surface area contributed by atoms with Crippen LogP contribution in [0.3, 0.4) is 0 Å². The molecule has 96 valence electrons. The number of benzene rings is 1. The van der Waals surface area contributed by atoms with Gasteiger partial charge in [-0.15, -0.1) is 0 Å². The Hall–Kier alpha value is -1.55. The lowest BCUT2D eigenvalue weighted by molar-refractivity contribution is -0.118. The van der Waals surface area contributed by atoms with Gasteiger partial charge in [0.1, 0.15) is 0 Å². The number of amides is 1. The number of hydrogen-bond acceptors (Lipinski definition) is 2. The molecule has 2 rings (SSSR count). The number of anilines is 1. The number of carboxylic acids is 1. The second-order valence-corrected chi connectivity index (χ2v) is 5.64. The van der Waals surface area contributed by atoms with Crippen LogP contribution >= 0.6 is 11.6 Å². The van der Waals surface area contributed by atoms with Gasteiger partial charge < -0.3 is 10.4 Å². The van der Waals surface area contributed by atoms with Crippen molar-refractivity contribution in [3.05, 3.63) is 28.8 Å². The monoisotopic (exact) mass is 267 g/mol. The average molecular weight is 268 g/mol. The first-order valence-electron chi connectivity index (χ1n) is 5.65. The first-order chi connectivity index (χ1) is 8.31. The Kier molecular flexibility index (Phi) is 3.07. The largest absolute Gasteiger partial charge is 0.478 e. The molecular formula is C13H14ClNO3. The molecule has 1 fully saturated rings. The maximum absolute atomic E-state index is 11.9. The smallest absolute Gasteiger partial charge is 0.335 e. The van der Waals surface area contributed by atoms with E-state index in [0.29, 0.717) is 10.7 Å². The van der Waals surface area contributed by atoms with Gasteiger partial charge in [-0.05, 0) is 30.0 Å². The van der Waals surface area contributed by atoms with Gasteiger partial charge in [0, 0.05) is 5.92 Å². The van der Waals surface area contributed by atoms with Gasteiger partial charge in [-0.25, -0.2) is 4.79 Å². The normalized spacial score (nSPS) is 20.3. The Balaban J connectivity index is 2.16. The fraction of sp³-hybridized carbons (Fsp3) is 0.385. The zero-order valence-electron chi connectivity index (χ0n) is 10.2. The molecule has 1 aliphatic carbocycles. The number of nitrogens with one attached hydrogen (secondary N) is 1. The van der Waals surface area contributed by atoms with E-state index in [2.05, 4.69) is 5.32 Å². The van der Waals surface area contributed by atoms with Gasteiger partial charge in [0.05, 0.1) is 16.3 Å². The van der Waals surface area contributed by atoms with Crippen molar-refractivity contribution in [3.63, 3.8) is 0 Å². The van der Waals surface area contributed by atoms with Crippen molar-refractivity contribution in [1.82, 2.24) is 0 Å². The van der Waals surface area contributed by atoms with Crippen molar-refractivity contribution in [1.29, 1.82) is 0 Å². The maximum atomic E-state index is 11.9. The third kappa shape index (κ3) is 2.48. The first-order valence-corrected chi connectivity index (χ1v) is 6.03. The quantitative estimate of drug-likeness (QED) is 0.885. The summed E-state index contributed by atoms with van der Waals surface area (Å²) in [6.45, 7) is 4.04. The number of aromatic carboxylic acids is 1. The summed E-state index contributed by atoms with van der Waals surface area (Å²) < 4.78 is 0. The van der Waals surface area contributed by atoms with Gasteiger partial charge >= 0.3 is 5.97 Å². The zero-order valence-corrected chi connectivity index (χ0v) is 10.9. The van der Waals surface area contributed by atoms with Gasteiger partial charge in [-0.3, -0.25) is 4.79 Å². The van der Waals surface area contributed by atoms with Gasteiger partial charge in [0.15, 0.2) is 0 Å². The van der Waals surface area contributed by atoms with E-state index in [1.165, 1.54) is 18.2 Å². The summed E-state index contributed by atoms with van der Waals surface area (Å²) in [6.07, 6.45) is 0.842. The van der Waals surface area contributed by atoms with E-state index >= 15 is 0 Å². The van der Waals surface area contributed by atoms with E-state index in [4.69, 9.17) is 16.7 Å². The predicted molar refractivity (Wildman–Crippen MR) is 68.9 cm³/mol. The molecule has 0 saturated heterocycles. The van der Waals surface area contributed by atoms with Crippen LogP contribution in [0.25, 0.3) is 0 Å². The lowest BCUT2D eigenvalue weighted by Gasteiger charge is -2.09. The van der Waals surface area contributed by atoms with Crippen molar-refractivity contribution < 1.29 is 14.7 Å². The van der Waals surface area contributed by atoms with Crippen molar-refractivity contribution in [2.75, 3.05) is 5.32 Å². The highest BCUT2D eigenvalue weighted by Gasteiger charge is 2.50. The van der Waals surface area contributed by atoms with Crippen LogP contribution in [0.5, 0.6) is 0 Å². The molecule has 1 unspecified atom stereocenters. The first kappa shape index (κ1) is 12.9. The Labute approximate surface area is 110 Å². The third-order valence-electron chi connectivity index (χ3n) is 3.30. The molecule has 0 aliphatic heterocycles. The van der Waals surface area contributed by atoms with Crippen molar-refractivity contribution >= 4 is 29.2 Å². The van der Waals surface area contributed by atoms with Crippen LogP contribution in [0.1, 0.15) is 30.6 Å². The molecule has 2 N–H and O–H groups in total. The second-order valence-electron chi connectivity index (χ2n) is 5.23. The molecule has 4 nitrogen and oxygen atoms in total. The fourth-order valence-electron chi connectivity index (χ4n) is 1.89. The fourth-order valence-corrected chi connectivity index (χ4v) is 2.05. The van der Waals surface area contributed by atoms with E-state index < -0.39 is 5.97 Å². The van der Waals surface area contributed by atoms with Gasteiger partial charge in [0.2, 0.25) is 5.91 Å². The molecular weight excluding hydrogens is 254 g/mol. The van der Waals surface area contributed by atoms with E-state index in [0.717, 1.165) is 6.42 Å². The molecule has 1 atom stereocenters. The van der Waals surface area contributed by atoms with Crippen molar-refractivity contribution in [2.24, 2.45) is 11.3 Å². The minimum atomic E-state index is -1.05. The van der Waals surface area contributed by atoms with Gasteiger partial charge in [-0.2, -0.15) is 0 Å². The summed E-state index contributed by atoms with van der Waals surface area (Å²) >= 11 is 5.93. The van der Waals surface area contributed by atoms with Crippen LogP contribution in [0, 0.1) is 11.3 Å². The third-order valence-corrected chi connectivity index (χ3v) is 3.63. The van der Waals surface area contributed by atoms with E-state index in [1.54, 1.807) is 0 Å². The molecule has 0 radical (unpaired) electrons. The molecule has 5 heteroatoms.